The molecule has 0 aliphatic carbocycles. The van der Waals surface area contributed by atoms with Crippen molar-refractivity contribution in [1.29, 1.82) is 0 Å². The first-order valence-electron chi connectivity index (χ1n) is 3.01. The van der Waals surface area contributed by atoms with Gasteiger partial charge >= 0.3 is 6.18 Å². The van der Waals surface area contributed by atoms with Crippen molar-refractivity contribution in [3.05, 3.63) is 11.9 Å². The lowest BCUT2D eigenvalue weighted by Crippen LogP contribution is -2.26. The highest BCUT2D eigenvalue weighted by molar-refractivity contribution is 5.04. The number of rotatable bonds is 2. The van der Waals surface area contributed by atoms with Crippen molar-refractivity contribution in [1.82, 2.24) is 10.2 Å². The summed E-state index contributed by atoms with van der Waals surface area (Å²) in [6.45, 7) is 0. The van der Waals surface area contributed by atoms with Gasteiger partial charge in [-0.15, -0.1) is 0 Å². The zero-order valence-electron chi connectivity index (χ0n) is 6.66. The SMILES string of the molecule is CN/C=C(\N(C)C)C(F)(F)F. The molecule has 0 aliphatic rings. The summed E-state index contributed by atoms with van der Waals surface area (Å²) >= 11 is 0. The maximum atomic E-state index is 12.0. The van der Waals surface area contributed by atoms with E-state index in [9.17, 15) is 13.2 Å². The second kappa shape index (κ2) is 3.50. The average Bonchev–Trinajstić information content (AvgIpc) is 1.79. The molecule has 0 saturated heterocycles. The molecule has 0 saturated carbocycles. The number of alkyl halides is 3. The minimum atomic E-state index is -4.29. The topological polar surface area (TPSA) is 15.3 Å². The van der Waals surface area contributed by atoms with Crippen molar-refractivity contribution in [3.8, 4) is 0 Å². The first kappa shape index (κ1) is 10.1. The predicted molar refractivity (Wildman–Crippen MR) is 36.9 cm³/mol. The molecule has 0 bridgehead atoms. The first-order valence-corrected chi connectivity index (χ1v) is 3.01. The largest absolute Gasteiger partial charge is 0.432 e. The van der Waals surface area contributed by atoms with Crippen LogP contribution < -0.4 is 5.32 Å². The maximum absolute atomic E-state index is 12.0. The van der Waals surface area contributed by atoms with E-state index in [2.05, 4.69) is 5.32 Å². The molecule has 0 aromatic rings. The van der Waals surface area contributed by atoms with Gasteiger partial charge in [-0.25, -0.2) is 0 Å². The summed E-state index contributed by atoms with van der Waals surface area (Å²) in [5.41, 5.74) is -0.694. The molecule has 0 fully saturated rings. The van der Waals surface area contributed by atoms with E-state index < -0.39 is 11.9 Å². The normalized spacial score (nSPS) is 13.1. The number of halogens is 3. The molecule has 5 heteroatoms. The van der Waals surface area contributed by atoms with Gasteiger partial charge in [0, 0.05) is 27.3 Å². The van der Waals surface area contributed by atoms with Crippen molar-refractivity contribution < 1.29 is 13.2 Å². The minimum absolute atomic E-state index is 0.694. The lowest BCUT2D eigenvalue weighted by atomic mass is 10.4. The van der Waals surface area contributed by atoms with Gasteiger partial charge in [0.05, 0.1) is 0 Å². The standard InChI is InChI=1S/C6H11F3N2/c1-10-4-5(11(2)3)6(7,8)9/h4,10H,1-3H3/b5-4-. The van der Waals surface area contributed by atoms with Crippen LogP contribution in [0.2, 0.25) is 0 Å². The number of allylic oxidation sites excluding steroid dienone is 1. The molecule has 11 heavy (non-hydrogen) atoms. The summed E-state index contributed by atoms with van der Waals surface area (Å²) < 4.78 is 36.0. The second-order valence-corrected chi connectivity index (χ2v) is 2.21. The van der Waals surface area contributed by atoms with Crippen LogP contribution in [0.3, 0.4) is 0 Å². The van der Waals surface area contributed by atoms with Gasteiger partial charge in [0.2, 0.25) is 0 Å². The first-order chi connectivity index (χ1) is 4.89. The van der Waals surface area contributed by atoms with Gasteiger partial charge in [-0.1, -0.05) is 0 Å². The molecule has 0 amide bonds. The van der Waals surface area contributed by atoms with E-state index in [1.165, 1.54) is 21.1 Å². The quantitative estimate of drug-likeness (QED) is 0.665. The maximum Gasteiger partial charge on any atom is 0.432 e. The Bertz CT molecular complexity index is 148. The van der Waals surface area contributed by atoms with Gasteiger partial charge < -0.3 is 10.2 Å². The van der Waals surface area contributed by atoms with E-state index in [1.807, 2.05) is 0 Å². The van der Waals surface area contributed by atoms with Crippen molar-refractivity contribution in [3.63, 3.8) is 0 Å². The number of nitrogens with zero attached hydrogens (tertiary/aromatic N) is 1. The molecule has 1 N–H and O–H groups in total. The summed E-state index contributed by atoms with van der Waals surface area (Å²) in [6.07, 6.45) is -3.37. The van der Waals surface area contributed by atoms with Crippen molar-refractivity contribution in [2.75, 3.05) is 21.1 Å². The Kier molecular flexibility index (Phi) is 3.22. The molecule has 0 unspecified atom stereocenters. The predicted octanol–water partition coefficient (Wildman–Crippen LogP) is 1.17. The molecule has 0 atom stereocenters. The van der Waals surface area contributed by atoms with E-state index >= 15 is 0 Å². The van der Waals surface area contributed by atoms with Crippen LogP contribution >= 0.6 is 0 Å². The van der Waals surface area contributed by atoms with Crippen molar-refractivity contribution in [2.24, 2.45) is 0 Å². The molecular weight excluding hydrogens is 157 g/mol. The Morgan fingerprint density at radius 3 is 1.91 bits per heavy atom. The molecule has 0 aromatic heterocycles. The Morgan fingerprint density at radius 1 is 1.36 bits per heavy atom. The van der Waals surface area contributed by atoms with Crippen LogP contribution in [0.4, 0.5) is 13.2 Å². The third-order valence-electron chi connectivity index (χ3n) is 1.05. The van der Waals surface area contributed by atoms with Crippen molar-refractivity contribution in [2.45, 2.75) is 6.18 Å². The summed E-state index contributed by atoms with van der Waals surface area (Å²) in [6, 6.07) is 0. The number of hydrogen-bond donors (Lipinski definition) is 1. The van der Waals surface area contributed by atoms with Gasteiger partial charge in [0.25, 0.3) is 0 Å². The third-order valence-corrected chi connectivity index (χ3v) is 1.05. The van der Waals surface area contributed by atoms with Crippen LogP contribution in [0, 0.1) is 0 Å². The fourth-order valence-corrected chi connectivity index (χ4v) is 0.601. The highest BCUT2D eigenvalue weighted by atomic mass is 19.4. The molecule has 0 spiro atoms. The molecule has 66 valence electrons. The Labute approximate surface area is 63.7 Å². The summed E-state index contributed by atoms with van der Waals surface area (Å²) in [7, 11) is 4.11. The monoisotopic (exact) mass is 168 g/mol. The van der Waals surface area contributed by atoms with Crippen LogP contribution in [0.15, 0.2) is 11.9 Å². The van der Waals surface area contributed by atoms with Crippen LogP contribution in [0.5, 0.6) is 0 Å². The van der Waals surface area contributed by atoms with Crippen LogP contribution in [-0.4, -0.2) is 32.2 Å². The van der Waals surface area contributed by atoms with Gasteiger partial charge in [-0.2, -0.15) is 13.2 Å². The smallest absolute Gasteiger partial charge is 0.392 e. The summed E-state index contributed by atoms with van der Waals surface area (Å²) in [4.78, 5) is 1.01. The van der Waals surface area contributed by atoms with E-state index in [1.54, 1.807) is 0 Å². The zero-order valence-corrected chi connectivity index (χ0v) is 6.66. The molecule has 2 nitrogen and oxygen atoms in total. The van der Waals surface area contributed by atoms with Gasteiger partial charge in [-0.3, -0.25) is 0 Å². The summed E-state index contributed by atoms with van der Waals surface area (Å²) in [5.74, 6) is 0. The Hall–Kier alpha value is -0.870. The third kappa shape index (κ3) is 3.15. The number of hydrogen-bond acceptors (Lipinski definition) is 2. The Balaban J connectivity index is 4.49. The zero-order chi connectivity index (χ0) is 9.07. The van der Waals surface area contributed by atoms with Crippen molar-refractivity contribution >= 4 is 0 Å². The summed E-state index contributed by atoms with van der Waals surface area (Å²) in [5, 5.41) is 2.33. The second-order valence-electron chi connectivity index (χ2n) is 2.21. The van der Waals surface area contributed by atoms with Gasteiger partial charge in [-0.05, 0) is 0 Å². The van der Waals surface area contributed by atoms with Gasteiger partial charge in [0.15, 0.2) is 0 Å². The lowest BCUT2D eigenvalue weighted by Gasteiger charge is -2.19. The van der Waals surface area contributed by atoms with Gasteiger partial charge in [0.1, 0.15) is 5.70 Å². The van der Waals surface area contributed by atoms with E-state index in [4.69, 9.17) is 0 Å². The molecule has 0 aromatic carbocycles. The minimum Gasteiger partial charge on any atom is -0.392 e. The Morgan fingerprint density at radius 2 is 1.82 bits per heavy atom. The fourth-order valence-electron chi connectivity index (χ4n) is 0.601. The van der Waals surface area contributed by atoms with E-state index in [0.717, 1.165) is 11.1 Å². The molecule has 0 aliphatic heterocycles. The van der Waals surface area contributed by atoms with Crippen LogP contribution in [0.1, 0.15) is 0 Å². The average molecular weight is 168 g/mol. The molecule has 0 heterocycles. The van der Waals surface area contributed by atoms with Crippen LogP contribution in [0.25, 0.3) is 0 Å². The number of nitrogens with one attached hydrogen (secondary N) is 1. The molecule has 0 rings (SSSR count). The lowest BCUT2D eigenvalue weighted by molar-refractivity contribution is -0.108. The van der Waals surface area contributed by atoms with E-state index in [0.29, 0.717) is 0 Å². The fraction of sp³-hybridized carbons (Fsp3) is 0.667. The van der Waals surface area contributed by atoms with E-state index in [-0.39, 0.29) is 0 Å². The highest BCUT2D eigenvalue weighted by Gasteiger charge is 2.35. The highest BCUT2D eigenvalue weighted by Crippen LogP contribution is 2.25. The molecule has 0 radical (unpaired) electrons. The molecular formula is C6H11F3N2. The van der Waals surface area contributed by atoms with Crippen LogP contribution in [-0.2, 0) is 0 Å².